The van der Waals surface area contributed by atoms with Crippen molar-refractivity contribution in [2.75, 3.05) is 28.7 Å². The highest BCUT2D eigenvalue weighted by molar-refractivity contribution is 5.68. The first-order valence-electron chi connectivity index (χ1n) is 13.3. The first kappa shape index (κ1) is 27.8. The highest BCUT2D eigenvalue weighted by atomic mass is 16.3. The van der Waals surface area contributed by atoms with Gasteiger partial charge in [0.15, 0.2) is 0 Å². The van der Waals surface area contributed by atoms with E-state index in [2.05, 4.69) is 92.6 Å². The molecule has 4 heteroatoms. The van der Waals surface area contributed by atoms with E-state index in [1.165, 1.54) is 48.2 Å². The molecule has 1 aliphatic carbocycles. The summed E-state index contributed by atoms with van der Waals surface area (Å²) in [7, 11) is 0. The molecule has 1 fully saturated rings. The third kappa shape index (κ3) is 7.02. The number of aliphatic hydroxyl groups is 1. The molecule has 2 aromatic rings. The Morgan fingerprint density at radius 3 is 2.21 bits per heavy atom. The van der Waals surface area contributed by atoms with Gasteiger partial charge in [0.25, 0.3) is 0 Å². The minimum Gasteiger partial charge on any atom is -0.395 e. The Hall–Kier alpha value is -2.46. The second kappa shape index (κ2) is 14.1. The SMILES string of the molecule is CC.CC(=C1CCC1)N1c2ccc(NCCO)cc2C(Nc2ccc(C)cc2)CC1C.CCC. The lowest BCUT2D eigenvalue weighted by atomic mass is 9.86. The zero-order valence-electron chi connectivity index (χ0n) is 22.5. The van der Waals surface area contributed by atoms with Gasteiger partial charge in [-0.2, -0.15) is 0 Å². The van der Waals surface area contributed by atoms with Gasteiger partial charge in [-0.15, -0.1) is 0 Å². The summed E-state index contributed by atoms with van der Waals surface area (Å²) in [6, 6.07) is 16.0. The predicted molar refractivity (Wildman–Crippen MR) is 150 cm³/mol. The maximum absolute atomic E-state index is 9.19. The number of aliphatic hydroxyl groups excluding tert-OH is 1. The Labute approximate surface area is 208 Å². The summed E-state index contributed by atoms with van der Waals surface area (Å²) in [5.41, 5.74) is 9.18. The molecule has 0 spiro atoms. The average molecular weight is 466 g/mol. The second-order valence-corrected chi connectivity index (χ2v) is 9.19. The fourth-order valence-electron chi connectivity index (χ4n) is 4.56. The van der Waals surface area contributed by atoms with Crippen molar-refractivity contribution in [1.82, 2.24) is 0 Å². The molecule has 1 heterocycles. The Morgan fingerprint density at radius 1 is 1.03 bits per heavy atom. The summed E-state index contributed by atoms with van der Waals surface area (Å²) in [6.07, 6.45) is 6.11. The lowest BCUT2D eigenvalue weighted by Gasteiger charge is -2.43. The highest BCUT2D eigenvalue weighted by Crippen LogP contribution is 2.44. The molecule has 0 aromatic heterocycles. The molecule has 0 bridgehead atoms. The first-order chi connectivity index (χ1) is 16.5. The topological polar surface area (TPSA) is 47.5 Å². The number of aryl methyl sites for hydroxylation is 1. The van der Waals surface area contributed by atoms with Crippen molar-refractivity contribution in [3.05, 3.63) is 64.9 Å². The molecule has 2 aliphatic rings. The van der Waals surface area contributed by atoms with E-state index in [1.807, 2.05) is 13.8 Å². The van der Waals surface area contributed by atoms with Crippen LogP contribution >= 0.6 is 0 Å². The maximum Gasteiger partial charge on any atom is 0.0604 e. The molecule has 0 amide bonds. The van der Waals surface area contributed by atoms with E-state index < -0.39 is 0 Å². The van der Waals surface area contributed by atoms with Crippen LogP contribution in [0.25, 0.3) is 0 Å². The van der Waals surface area contributed by atoms with Gasteiger partial charge in [0.1, 0.15) is 0 Å². The molecule has 4 rings (SSSR count). The van der Waals surface area contributed by atoms with Gasteiger partial charge in [0.2, 0.25) is 0 Å². The number of fused-ring (bicyclic) bond motifs is 1. The average Bonchev–Trinajstić information content (AvgIpc) is 2.80. The molecule has 188 valence electrons. The number of benzene rings is 2. The summed E-state index contributed by atoms with van der Waals surface area (Å²) in [5, 5.41) is 16.3. The van der Waals surface area contributed by atoms with Crippen LogP contribution in [0.1, 0.15) is 90.8 Å². The fourth-order valence-corrected chi connectivity index (χ4v) is 4.56. The van der Waals surface area contributed by atoms with Crippen molar-refractivity contribution in [2.45, 2.75) is 92.7 Å². The van der Waals surface area contributed by atoms with E-state index in [0.717, 1.165) is 17.8 Å². The van der Waals surface area contributed by atoms with E-state index >= 15 is 0 Å². The molecule has 34 heavy (non-hydrogen) atoms. The summed E-state index contributed by atoms with van der Waals surface area (Å²) >= 11 is 0. The highest BCUT2D eigenvalue weighted by Gasteiger charge is 2.32. The molecular formula is C30H47N3O. The zero-order chi connectivity index (χ0) is 25.1. The van der Waals surface area contributed by atoms with Crippen LogP contribution in [-0.2, 0) is 0 Å². The third-order valence-electron chi connectivity index (χ3n) is 6.34. The van der Waals surface area contributed by atoms with E-state index in [-0.39, 0.29) is 12.6 Å². The second-order valence-electron chi connectivity index (χ2n) is 9.19. The van der Waals surface area contributed by atoms with E-state index in [9.17, 15) is 5.11 Å². The first-order valence-corrected chi connectivity index (χ1v) is 13.3. The molecular weight excluding hydrogens is 418 g/mol. The number of nitrogens with one attached hydrogen (secondary N) is 2. The monoisotopic (exact) mass is 465 g/mol. The van der Waals surface area contributed by atoms with Crippen molar-refractivity contribution in [1.29, 1.82) is 0 Å². The largest absolute Gasteiger partial charge is 0.395 e. The summed E-state index contributed by atoms with van der Waals surface area (Å²) < 4.78 is 0. The van der Waals surface area contributed by atoms with Crippen LogP contribution in [-0.4, -0.2) is 24.3 Å². The number of hydrogen-bond donors (Lipinski definition) is 3. The van der Waals surface area contributed by atoms with E-state index in [4.69, 9.17) is 0 Å². The van der Waals surface area contributed by atoms with Crippen molar-refractivity contribution < 1.29 is 5.11 Å². The molecule has 1 aliphatic heterocycles. The van der Waals surface area contributed by atoms with Gasteiger partial charge >= 0.3 is 0 Å². The number of rotatable bonds is 6. The van der Waals surface area contributed by atoms with Crippen LogP contribution < -0.4 is 15.5 Å². The lowest BCUT2D eigenvalue weighted by Crippen LogP contribution is -2.40. The van der Waals surface area contributed by atoms with Gasteiger partial charge < -0.3 is 20.6 Å². The quantitative estimate of drug-likeness (QED) is 0.404. The van der Waals surface area contributed by atoms with Gasteiger partial charge in [-0.1, -0.05) is 57.4 Å². The Morgan fingerprint density at radius 2 is 1.65 bits per heavy atom. The third-order valence-corrected chi connectivity index (χ3v) is 6.34. The number of hydrogen-bond acceptors (Lipinski definition) is 4. The van der Waals surface area contributed by atoms with Crippen LogP contribution in [0.4, 0.5) is 17.1 Å². The van der Waals surface area contributed by atoms with Gasteiger partial charge in [-0.25, -0.2) is 0 Å². The molecule has 2 aromatic carbocycles. The minimum atomic E-state index is 0.135. The number of allylic oxidation sites excluding steroid dienone is 2. The van der Waals surface area contributed by atoms with Crippen molar-refractivity contribution in [3.63, 3.8) is 0 Å². The predicted octanol–water partition coefficient (Wildman–Crippen LogP) is 8.05. The van der Waals surface area contributed by atoms with Gasteiger partial charge in [-0.05, 0) is 76.8 Å². The summed E-state index contributed by atoms with van der Waals surface area (Å²) in [4.78, 5) is 2.55. The molecule has 0 saturated heterocycles. The smallest absolute Gasteiger partial charge is 0.0604 e. The van der Waals surface area contributed by atoms with Crippen LogP contribution in [0, 0.1) is 6.92 Å². The molecule has 3 N–H and O–H groups in total. The normalized spacial score (nSPS) is 18.4. The van der Waals surface area contributed by atoms with Gasteiger partial charge in [0.05, 0.1) is 12.6 Å². The van der Waals surface area contributed by atoms with Crippen molar-refractivity contribution in [2.24, 2.45) is 0 Å². The molecule has 1 saturated carbocycles. The Kier molecular flexibility index (Phi) is 11.5. The standard InChI is InChI=1S/C25H33N3O.C3H8.C2H6/c1-17-7-9-21(10-8-17)27-24-15-18(2)28(19(3)20-5-4-6-20)25-12-11-22(16-23(24)25)26-13-14-29;1-3-2;1-2/h7-12,16,18,24,26-27,29H,4-6,13-15H2,1-3H3;3H2,1-2H3;1-2H3. The summed E-state index contributed by atoms with van der Waals surface area (Å²) in [5.74, 6) is 0. The Balaban J connectivity index is 0.000000758. The van der Waals surface area contributed by atoms with Gasteiger partial charge in [-0.3, -0.25) is 0 Å². The molecule has 0 radical (unpaired) electrons. The van der Waals surface area contributed by atoms with Gasteiger partial charge in [0, 0.05) is 40.9 Å². The number of anilines is 3. The summed E-state index contributed by atoms with van der Waals surface area (Å²) in [6.45, 7) is 15.7. The minimum absolute atomic E-state index is 0.135. The van der Waals surface area contributed by atoms with Crippen molar-refractivity contribution >= 4 is 17.1 Å². The number of nitrogens with zero attached hydrogens (tertiary/aromatic N) is 1. The van der Waals surface area contributed by atoms with Crippen LogP contribution in [0.15, 0.2) is 53.7 Å². The fraction of sp³-hybridized carbons (Fsp3) is 0.533. The lowest BCUT2D eigenvalue weighted by molar-refractivity contribution is 0.311. The van der Waals surface area contributed by atoms with Crippen LogP contribution in [0.2, 0.25) is 0 Å². The van der Waals surface area contributed by atoms with E-state index in [1.54, 1.807) is 5.57 Å². The maximum atomic E-state index is 9.19. The van der Waals surface area contributed by atoms with E-state index in [0.29, 0.717) is 12.6 Å². The van der Waals surface area contributed by atoms with Crippen LogP contribution in [0.5, 0.6) is 0 Å². The molecule has 4 nitrogen and oxygen atoms in total. The molecule has 2 unspecified atom stereocenters. The Bertz CT molecular complexity index is 898. The van der Waals surface area contributed by atoms with Crippen LogP contribution in [0.3, 0.4) is 0 Å². The molecule has 2 atom stereocenters. The zero-order valence-corrected chi connectivity index (χ0v) is 22.5. The van der Waals surface area contributed by atoms with Crippen molar-refractivity contribution in [3.8, 4) is 0 Å².